The number of nitrogens with one attached hydrogen (secondary N) is 1. The molecule has 1 atom stereocenters. The van der Waals surface area contributed by atoms with Crippen molar-refractivity contribution in [1.29, 1.82) is 10.7 Å². The molecule has 7 nitrogen and oxygen atoms in total. The second kappa shape index (κ2) is 6.74. The lowest BCUT2D eigenvalue weighted by Gasteiger charge is -2.31. The molecule has 1 aromatic rings. The highest BCUT2D eigenvalue weighted by Gasteiger charge is 2.55. The van der Waals surface area contributed by atoms with Crippen LogP contribution in [0.3, 0.4) is 0 Å². The van der Waals surface area contributed by atoms with Crippen molar-refractivity contribution in [2.24, 2.45) is 0 Å². The summed E-state index contributed by atoms with van der Waals surface area (Å²) >= 11 is 0. The topological polar surface area (TPSA) is 108 Å². The fourth-order valence-electron chi connectivity index (χ4n) is 3.00. The van der Waals surface area contributed by atoms with Crippen LogP contribution in [0.5, 0.6) is 0 Å². The Hall–Kier alpha value is -2.23. The summed E-state index contributed by atoms with van der Waals surface area (Å²) in [5, 5.41) is 17.1. The molecule has 1 aromatic carbocycles. The molecule has 1 fully saturated rings. The average molecular weight is 408 g/mol. The first-order valence-electron chi connectivity index (χ1n) is 7.55. The van der Waals surface area contributed by atoms with Crippen LogP contribution in [-0.2, 0) is 16.3 Å². The molecule has 0 saturated carbocycles. The van der Waals surface area contributed by atoms with Crippen LogP contribution in [-0.4, -0.2) is 48.0 Å². The maximum atomic E-state index is 13.2. The van der Waals surface area contributed by atoms with E-state index in [2.05, 4.69) is 0 Å². The highest BCUT2D eigenvalue weighted by molar-refractivity contribution is 7.86. The molecule has 148 valence electrons. The molecule has 1 unspecified atom stereocenters. The fourth-order valence-corrected chi connectivity index (χ4v) is 4.19. The first-order valence-corrected chi connectivity index (χ1v) is 9.05. The number of nitriles is 1. The molecule has 0 aromatic heterocycles. The first kappa shape index (κ1) is 21.1. The van der Waals surface area contributed by atoms with E-state index in [-0.39, 0.29) is 5.69 Å². The van der Waals surface area contributed by atoms with Crippen LogP contribution in [0.25, 0.3) is 0 Å². The van der Waals surface area contributed by atoms with E-state index < -0.39 is 57.5 Å². The SMILES string of the molecule is CC1(C)C(=N)N(c2ccc(C#N)c(C(F)(F)F)c2)C(S(=O)(=O)O)N1CCF. The van der Waals surface area contributed by atoms with Crippen LogP contribution in [0.4, 0.5) is 23.2 Å². The number of benzene rings is 1. The van der Waals surface area contributed by atoms with Crippen LogP contribution in [0, 0.1) is 16.7 Å². The molecule has 12 heteroatoms. The predicted molar refractivity (Wildman–Crippen MR) is 88.5 cm³/mol. The second-order valence-corrected chi connectivity index (χ2v) is 7.79. The van der Waals surface area contributed by atoms with Gasteiger partial charge < -0.3 is 0 Å². The number of halogens is 4. The third-order valence-electron chi connectivity index (χ3n) is 4.32. The van der Waals surface area contributed by atoms with Crippen molar-refractivity contribution >= 4 is 21.6 Å². The van der Waals surface area contributed by atoms with Crippen molar-refractivity contribution in [2.75, 3.05) is 18.1 Å². The summed E-state index contributed by atoms with van der Waals surface area (Å²) in [4.78, 5) is 1.65. The molecular weight excluding hydrogens is 392 g/mol. The summed E-state index contributed by atoms with van der Waals surface area (Å²) < 4.78 is 86.1. The lowest BCUT2D eigenvalue weighted by Crippen LogP contribution is -2.50. The molecule has 1 aliphatic rings. The predicted octanol–water partition coefficient (Wildman–Crippen LogP) is 2.60. The maximum absolute atomic E-state index is 13.2. The highest BCUT2D eigenvalue weighted by atomic mass is 32.2. The Bertz CT molecular complexity index is 909. The van der Waals surface area contributed by atoms with Gasteiger partial charge in [0.15, 0.2) is 0 Å². The number of nitrogens with zero attached hydrogens (tertiary/aromatic N) is 3. The monoisotopic (exact) mass is 408 g/mol. The molecule has 27 heavy (non-hydrogen) atoms. The number of anilines is 1. The maximum Gasteiger partial charge on any atom is 0.417 e. The van der Waals surface area contributed by atoms with Crippen LogP contribution in [0.1, 0.15) is 25.0 Å². The van der Waals surface area contributed by atoms with Gasteiger partial charge in [0.2, 0.25) is 5.50 Å². The molecule has 1 saturated heterocycles. The van der Waals surface area contributed by atoms with E-state index in [9.17, 15) is 30.5 Å². The fraction of sp³-hybridized carbons (Fsp3) is 0.467. The van der Waals surface area contributed by atoms with Crippen LogP contribution in [0.15, 0.2) is 18.2 Å². The van der Waals surface area contributed by atoms with Crippen LogP contribution >= 0.6 is 0 Å². The van der Waals surface area contributed by atoms with Gasteiger partial charge in [0.05, 0.1) is 22.7 Å². The standard InChI is InChI=1S/C15H16F4N4O3S/c1-14(2)12(21)23(13(27(24,25)26)22(14)6-5-16)10-4-3-9(8-20)11(7-10)15(17,18)19/h3-4,7,13,21H,5-6H2,1-2H3,(H,24,25,26). The molecule has 1 heterocycles. The summed E-state index contributed by atoms with van der Waals surface area (Å²) in [5.74, 6) is -0.448. The summed E-state index contributed by atoms with van der Waals surface area (Å²) in [6, 6.07) is 3.81. The molecule has 1 aliphatic heterocycles. The average Bonchev–Trinajstić information content (AvgIpc) is 2.74. The van der Waals surface area contributed by atoms with Gasteiger partial charge in [0.25, 0.3) is 0 Å². The van der Waals surface area contributed by atoms with Gasteiger partial charge in [-0.1, -0.05) is 0 Å². The molecule has 0 spiro atoms. The Morgan fingerprint density at radius 1 is 1.37 bits per heavy atom. The number of amidine groups is 1. The van der Waals surface area contributed by atoms with Crippen LogP contribution < -0.4 is 4.90 Å². The van der Waals surface area contributed by atoms with E-state index in [1.807, 2.05) is 0 Å². The quantitative estimate of drug-likeness (QED) is 0.586. The lowest BCUT2D eigenvalue weighted by atomic mass is 10.0. The lowest BCUT2D eigenvalue weighted by molar-refractivity contribution is -0.137. The van der Waals surface area contributed by atoms with Gasteiger partial charge in [0, 0.05) is 12.2 Å². The van der Waals surface area contributed by atoms with Gasteiger partial charge >= 0.3 is 16.3 Å². The van der Waals surface area contributed by atoms with Crippen molar-refractivity contribution in [3.05, 3.63) is 29.3 Å². The molecule has 0 radical (unpaired) electrons. The molecule has 2 rings (SSSR count). The first-order chi connectivity index (χ1) is 12.3. The molecular formula is C15H16F4N4O3S. The van der Waals surface area contributed by atoms with E-state index in [1.54, 1.807) is 0 Å². The zero-order valence-corrected chi connectivity index (χ0v) is 15.1. The Morgan fingerprint density at radius 3 is 2.41 bits per heavy atom. The smallest absolute Gasteiger partial charge is 0.297 e. The summed E-state index contributed by atoms with van der Waals surface area (Å²) in [7, 11) is -4.94. The number of hydrogen-bond donors (Lipinski definition) is 2. The van der Waals surface area contributed by atoms with Gasteiger partial charge in [-0.15, -0.1) is 0 Å². The largest absolute Gasteiger partial charge is 0.417 e. The van der Waals surface area contributed by atoms with Crippen molar-refractivity contribution in [3.8, 4) is 6.07 Å². The van der Waals surface area contributed by atoms with Crippen molar-refractivity contribution in [3.63, 3.8) is 0 Å². The minimum Gasteiger partial charge on any atom is -0.297 e. The van der Waals surface area contributed by atoms with Crippen molar-refractivity contribution in [1.82, 2.24) is 4.90 Å². The van der Waals surface area contributed by atoms with Gasteiger partial charge in [-0.2, -0.15) is 26.9 Å². The minimum absolute atomic E-state index is 0.372. The summed E-state index contributed by atoms with van der Waals surface area (Å²) in [6.07, 6.45) is -4.90. The summed E-state index contributed by atoms with van der Waals surface area (Å²) in [6.45, 7) is 1.30. The van der Waals surface area contributed by atoms with Gasteiger partial charge in [-0.05, 0) is 32.0 Å². The van der Waals surface area contributed by atoms with Gasteiger partial charge in [0.1, 0.15) is 12.5 Å². The zero-order valence-electron chi connectivity index (χ0n) is 14.2. The second-order valence-electron chi connectivity index (χ2n) is 6.34. The number of rotatable bonds is 4. The zero-order chi connectivity index (χ0) is 20.8. The van der Waals surface area contributed by atoms with E-state index >= 15 is 0 Å². The highest BCUT2D eigenvalue weighted by Crippen LogP contribution is 2.40. The molecule has 2 N–H and O–H groups in total. The minimum atomic E-state index is -4.94. The molecule has 0 bridgehead atoms. The van der Waals surface area contributed by atoms with E-state index in [1.165, 1.54) is 19.9 Å². The van der Waals surface area contributed by atoms with Gasteiger partial charge in [-0.25, -0.2) is 4.39 Å². The van der Waals surface area contributed by atoms with E-state index in [0.29, 0.717) is 11.0 Å². The van der Waals surface area contributed by atoms with Gasteiger partial charge in [-0.3, -0.25) is 19.8 Å². The third kappa shape index (κ3) is 3.62. The third-order valence-corrected chi connectivity index (χ3v) is 5.32. The Kier molecular flexibility index (Phi) is 5.26. The van der Waals surface area contributed by atoms with E-state index in [0.717, 1.165) is 17.0 Å². The van der Waals surface area contributed by atoms with E-state index in [4.69, 9.17) is 10.7 Å². The normalized spacial score (nSPS) is 20.7. The Labute approximate surface area is 153 Å². The number of alkyl halides is 4. The Morgan fingerprint density at radius 2 is 1.96 bits per heavy atom. The molecule has 0 aliphatic carbocycles. The van der Waals surface area contributed by atoms with Crippen LogP contribution in [0.2, 0.25) is 0 Å². The molecule has 0 amide bonds. The Balaban J connectivity index is 2.72. The number of hydrogen-bond acceptors (Lipinski definition) is 5. The summed E-state index contributed by atoms with van der Waals surface area (Å²) in [5.41, 5.74) is -5.74. The van der Waals surface area contributed by atoms with Crippen molar-refractivity contribution < 1.29 is 30.5 Å². The van der Waals surface area contributed by atoms with Crippen molar-refractivity contribution in [2.45, 2.75) is 31.1 Å².